The lowest BCUT2D eigenvalue weighted by Gasteiger charge is -2.26. The first-order valence-electron chi connectivity index (χ1n) is 12.8. The first-order valence-corrected chi connectivity index (χ1v) is 14.3. The van der Waals surface area contributed by atoms with Crippen LogP contribution in [0.5, 0.6) is 0 Å². The van der Waals surface area contributed by atoms with Crippen LogP contribution in [0.1, 0.15) is 37.7 Å². The number of nitrogens with zero attached hydrogens (tertiary/aromatic N) is 5. The molecule has 0 spiro atoms. The number of hydrogen-bond donors (Lipinski definition) is 1. The van der Waals surface area contributed by atoms with Crippen molar-refractivity contribution in [1.29, 1.82) is 0 Å². The molecular formula is C29H32N6O4S. The Bertz CT molecular complexity index is 1730. The number of sulfonamides is 1. The smallest absolute Gasteiger partial charge is 0.268 e. The highest BCUT2D eigenvalue weighted by molar-refractivity contribution is 7.93. The second-order valence-electron chi connectivity index (χ2n) is 10.6. The highest BCUT2D eigenvalue weighted by Crippen LogP contribution is 2.35. The fraction of sp³-hybridized carbons (Fsp3) is 0.276. The molecule has 3 heterocycles. The number of aromatic nitrogens is 4. The summed E-state index contributed by atoms with van der Waals surface area (Å²) < 4.78 is 42.8. The molecule has 0 aliphatic heterocycles. The lowest BCUT2D eigenvalue weighted by molar-refractivity contribution is 0.358. The Morgan fingerprint density at radius 3 is 2.33 bits per heavy atom. The summed E-state index contributed by atoms with van der Waals surface area (Å²) >= 11 is 0. The summed E-state index contributed by atoms with van der Waals surface area (Å²) in [5.74, 6) is 1.33. The molecule has 10 nitrogen and oxygen atoms in total. The van der Waals surface area contributed by atoms with E-state index in [1.165, 1.54) is 10.6 Å². The van der Waals surface area contributed by atoms with Gasteiger partial charge in [0.15, 0.2) is 0 Å². The van der Waals surface area contributed by atoms with Crippen LogP contribution in [0.15, 0.2) is 80.9 Å². The highest BCUT2D eigenvalue weighted by Gasteiger charge is 2.32. The zero-order chi connectivity index (χ0) is 28.7. The van der Waals surface area contributed by atoms with Gasteiger partial charge in [0.25, 0.3) is 10.0 Å². The van der Waals surface area contributed by atoms with Gasteiger partial charge in [-0.15, -0.1) is 0 Å². The van der Waals surface area contributed by atoms with Crippen molar-refractivity contribution in [2.75, 3.05) is 16.3 Å². The third kappa shape index (κ3) is 5.12. The van der Waals surface area contributed by atoms with Crippen LogP contribution >= 0.6 is 0 Å². The maximum absolute atomic E-state index is 14.4. The maximum atomic E-state index is 14.4. The lowest BCUT2D eigenvalue weighted by atomic mass is 10.0. The quantitative estimate of drug-likeness (QED) is 0.225. The minimum Gasteiger partial charge on any atom is -0.445 e. The van der Waals surface area contributed by atoms with Crippen LogP contribution in [-0.2, 0) is 15.6 Å². The molecule has 0 radical (unpaired) electrons. The third-order valence-corrected chi connectivity index (χ3v) is 8.35. The minimum atomic E-state index is -4.13. The van der Waals surface area contributed by atoms with Crippen LogP contribution in [0.2, 0.25) is 0 Å². The summed E-state index contributed by atoms with van der Waals surface area (Å²) in [4.78, 5) is 4.32. The predicted molar refractivity (Wildman–Crippen MR) is 153 cm³/mol. The van der Waals surface area contributed by atoms with Crippen LogP contribution in [0, 0.1) is 20.8 Å². The van der Waals surface area contributed by atoms with Gasteiger partial charge < -0.3 is 14.3 Å². The summed E-state index contributed by atoms with van der Waals surface area (Å²) in [6.45, 7) is 11.5. The van der Waals surface area contributed by atoms with E-state index in [4.69, 9.17) is 8.94 Å². The SMILES string of the molecule is Cc1cc(NCN(c2onc(C)c2C)S(=O)(=O)c2ccccc2-c2ccc(-c3ncco3)cc2)n(C(C)(C)C)n1. The van der Waals surface area contributed by atoms with Gasteiger partial charge in [-0.3, -0.25) is 0 Å². The normalized spacial score (nSPS) is 12.1. The fourth-order valence-corrected chi connectivity index (χ4v) is 5.97. The zero-order valence-electron chi connectivity index (χ0n) is 23.3. The molecule has 0 unspecified atom stereocenters. The Kier molecular flexibility index (Phi) is 7.01. The lowest BCUT2D eigenvalue weighted by Crippen LogP contribution is -2.37. The van der Waals surface area contributed by atoms with E-state index in [2.05, 4.69) is 20.6 Å². The Labute approximate surface area is 233 Å². The van der Waals surface area contributed by atoms with E-state index in [0.717, 1.165) is 16.8 Å². The van der Waals surface area contributed by atoms with Crippen molar-refractivity contribution in [1.82, 2.24) is 19.9 Å². The Morgan fingerprint density at radius 1 is 1.00 bits per heavy atom. The van der Waals surface area contributed by atoms with Crippen molar-refractivity contribution in [3.05, 3.63) is 84.0 Å². The molecule has 5 aromatic rings. The van der Waals surface area contributed by atoms with E-state index in [-0.39, 0.29) is 23.0 Å². The molecule has 40 heavy (non-hydrogen) atoms. The topological polar surface area (TPSA) is 119 Å². The number of nitrogens with one attached hydrogen (secondary N) is 1. The first kappa shape index (κ1) is 27.2. The Balaban J connectivity index is 1.56. The minimum absolute atomic E-state index is 0.101. The van der Waals surface area contributed by atoms with Gasteiger partial charge in [-0.05, 0) is 65.3 Å². The molecule has 0 fully saturated rings. The molecule has 0 atom stereocenters. The number of hydrogen-bond acceptors (Lipinski definition) is 8. The van der Waals surface area contributed by atoms with Gasteiger partial charge in [-0.2, -0.15) is 5.10 Å². The monoisotopic (exact) mass is 560 g/mol. The molecule has 1 N–H and O–H groups in total. The van der Waals surface area contributed by atoms with E-state index in [0.29, 0.717) is 28.5 Å². The standard InChI is InChI=1S/C29H32N6O4S/c1-19-17-26(35(32-19)29(4,5)6)31-18-34(28-20(2)21(3)33-39-28)40(36,37)25-10-8-7-9-24(25)22-11-13-23(14-12-22)27-30-15-16-38-27/h7-17,31H,18H2,1-6H3. The highest BCUT2D eigenvalue weighted by atomic mass is 32.2. The van der Waals surface area contributed by atoms with E-state index in [9.17, 15) is 8.42 Å². The summed E-state index contributed by atoms with van der Waals surface area (Å²) in [6.07, 6.45) is 3.09. The van der Waals surface area contributed by atoms with Crippen molar-refractivity contribution in [2.45, 2.75) is 52.0 Å². The molecule has 208 valence electrons. The van der Waals surface area contributed by atoms with Crippen LogP contribution in [-0.4, -0.2) is 35.0 Å². The molecule has 0 saturated carbocycles. The van der Waals surface area contributed by atoms with E-state index in [1.807, 2.05) is 68.8 Å². The Hall–Kier alpha value is -4.38. The van der Waals surface area contributed by atoms with Crippen LogP contribution in [0.4, 0.5) is 11.7 Å². The number of aryl methyl sites for hydroxylation is 2. The van der Waals surface area contributed by atoms with Gasteiger partial charge in [0.1, 0.15) is 18.7 Å². The molecule has 0 aliphatic rings. The number of rotatable bonds is 8. The van der Waals surface area contributed by atoms with Gasteiger partial charge in [0.2, 0.25) is 11.8 Å². The molecule has 0 saturated heterocycles. The van der Waals surface area contributed by atoms with Crippen molar-refractivity contribution in [2.24, 2.45) is 0 Å². The molecule has 2 aromatic carbocycles. The third-order valence-electron chi connectivity index (χ3n) is 6.56. The summed E-state index contributed by atoms with van der Waals surface area (Å²) in [7, 11) is -4.13. The second kappa shape index (κ2) is 10.3. The molecule has 0 bridgehead atoms. The number of anilines is 2. The van der Waals surface area contributed by atoms with Crippen molar-refractivity contribution in [3.8, 4) is 22.6 Å². The van der Waals surface area contributed by atoms with Crippen LogP contribution in [0.25, 0.3) is 22.6 Å². The Morgan fingerprint density at radius 2 is 1.70 bits per heavy atom. The summed E-state index contributed by atoms with van der Waals surface area (Å²) in [5, 5.41) is 11.9. The predicted octanol–water partition coefficient (Wildman–Crippen LogP) is 6.14. The van der Waals surface area contributed by atoms with Gasteiger partial charge in [0, 0.05) is 22.8 Å². The van der Waals surface area contributed by atoms with Gasteiger partial charge >= 0.3 is 0 Å². The largest absolute Gasteiger partial charge is 0.445 e. The van der Waals surface area contributed by atoms with Gasteiger partial charge in [0.05, 0.1) is 28.0 Å². The molecule has 0 aliphatic carbocycles. The zero-order valence-corrected chi connectivity index (χ0v) is 24.2. The molecule has 5 rings (SSSR count). The number of benzene rings is 2. The summed E-state index contributed by atoms with van der Waals surface area (Å²) in [6, 6.07) is 16.2. The van der Waals surface area contributed by atoms with Crippen molar-refractivity contribution < 1.29 is 17.4 Å². The average molecular weight is 561 g/mol. The maximum Gasteiger partial charge on any atom is 0.268 e. The van der Waals surface area contributed by atoms with E-state index < -0.39 is 10.0 Å². The van der Waals surface area contributed by atoms with Gasteiger partial charge in [-0.1, -0.05) is 35.5 Å². The van der Waals surface area contributed by atoms with Crippen LogP contribution < -0.4 is 9.62 Å². The second-order valence-corrected chi connectivity index (χ2v) is 12.4. The molecule has 0 amide bonds. The first-order chi connectivity index (χ1) is 19.0. The summed E-state index contributed by atoms with van der Waals surface area (Å²) in [5.41, 5.74) is 3.82. The fourth-order valence-electron chi connectivity index (χ4n) is 4.40. The average Bonchev–Trinajstić information content (AvgIpc) is 3.66. The number of oxazole rings is 1. The molecule has 11 heteroatoms. The van der Waals surface area contributed by atoms with Gasteiger partial charge in [-0.25, -0.2) is 22.4 Å². The van der Waals surface area contributed by atoms with Crippen molar-refractivity contribution >= 4 is 21.7 Å². The van der Waals surface area contributed by atoms with E-state index in [1.54, 1.807) is 38.2 Å². The molecular weight excluding hydrogens is 528 g/mol. The van der Waals surface area contributed by atoms with E-state index >= 15 is 0 Å². The van der Waals surface area contributed by atoms with Crippen molar-refractivity contribution in [3.63, 3.8) is 0 Å². The van der Waals surface area contributed by atoms with Crippen LogP contribution in [0.3, 0.4) is 0 Å². The molecule has 3 aromatic heterocycles.